The Balaban J connectivity index is 1.94. The zero-order chi connectivity index (χ0) is 24.2. The fourth-order valence-electron chi connectivity index (χ4n) is 4.53. The Morgan fingerprint density at radius 1 is 1.18 bits per heavy atom. The second-order valence-corrected chi connectivity index (χ2v) is 10.6. The van der Waals surface area contributed by atoms with Crippen molar-refractivity contribution in [3.63, 3.8) is 0 Å². The smallest absolute Gasteiger partial charge is 0.391 e. The molecule has 0 spiro atoms. The van der Waals surface area contributed by atoms with E-state index >= 15 is 4.39 Å². The van der Waals surface area contributed by atoms with Gasteiger partial charge in [0.15, 0.2) is 0 Å². The standard InChI is InChI=1S/C22H24ClFN4O4S/c1-11-6-8-16(24)18(12(11)2)14(4)20(21-25-26-22(29)32-21)28-10-27(5)19-13(3)15(23)7-9-17(19)33(28,30)31/h6-9,14,20H,10H2,1-5H3,(H,26,29)/t14-,20+/m1/s1. The molecule has 4 rings (SSSR count). The second-order valence-electron chi connectivity index (χ2n) is 8.34. The molecule has 33 heavy (non-hydrogen) atoms. The number of hydrogen-bond donors (Lipinski definition) is 1. The van der Waals surface area contributed by atoms with Crippen molar-refractivity contribution in [3.05, 3.63) is 73.8 Å². The number of rotatable bonds is 4. The number of nitrogens with zero attached hydrogens (tertiary/aromatic N) is 3. The third-order valence-electron chi connectivity index (χ3n) is 6.33. The van der Waals surface area contributed by atoms with E-state index in [0.717, 1.165) is 5.56 Å². The topological polar surface area (TPSA) is 99.5 Å². The molecule has 0 saturated carbocycles. The summed E-state index contributed by atoms with van der Waals surface area (Å²) in [5.74, 6) is -2.16. The second kappa shape index (κ2) is 8.27. The summed E-state index contributed by atoms with van der Waals surface area (Å²) >= 11 is 6.24. The lowest BCUT2D eigenvalue weighted by molar-refractivity contribution is 0.237. The highest BCUT2D eigenvalue weighted by Crippen LogP contribution is 2.45. The molecule has 0 fully saturated rings. The summed E-state index contributed by atoms with van der Waals surface area (Å²) in [7, 11) is -2.35. The Labute approximate surface area is 196 Å². The zero-order valence-electron chi connectivity index (χ0n) is 18.8. The van der Waals surface area contributed by atoms with Gasteiger partial charge in [0.2, 0.25) is 15.9 Å². The number of aryl methyl sites for hydroxylation is 1. The van der Waals surface area contributed by atoms with Gasteiger partial charge in [0.05, 0.1) is 12.4 Å². The minimum atomic E-state index is -4.09. The fourth-order valence-corrected chi connectivity index (χ4v) is 6.62. The Kier molecular flexibility index (Phi) is 5.88. The van der Waals surface area contributed by atoms with Crippen molar-refractivity contribution >= 4 is 27.3 Å². The minimum absolute atomic E-state index is 0.0645. The normalized spacial score (nSPS) is 17.6. The molecule has 1 aliphatic rings. The maximum absolute atomic E-state index is 15.0. The number of anilines is 1. The number of sulfonamides is 1. The predicted molar refractivity (Wildman–Crippen MR) is 123 cm³/mol. The van der Waals surface area contributed by atoms with Gasteiger partial charge in [-0.1, -0.05) is 24.6 Å². The molecule has 3 aromatic rings. The molecule has 0 saturated heterocycles. The molecule has 2 atom stereocenters. The van der Waals surface area contributed by atoms with Gasteiger partial charge < -0.3 is 9.32 Å². The first-order chi connectivity index (χ1) is 15.4. The lowest BCUT2D eigenvalue weighted by Crippen LogP contribution is -2.48. The van der Waals surface area contributed by atoms with Crippen molar-refractivity contribution in [2.24, 2.45) is 0 Å². The van der Waals surface area contributed by atoms with Crippen LogP contribution in [0.1, 0.15) is 47.0 Å². The molecule has 8 nitrogen and oxygen atoms in total. The summed E-state index contributed by atoms with van der Waals surface area (Å²) in [6.45, 7) is 7.00. The molecule has 0 aliphatic carbocycles. The highest BCUT2D eigenvalue weighted by Gasteiger charge is 2.45. The van der Waals surface area contributed by atoms with Crippen molar-refractivity contribution < 1.29 is 17.2 Å². The Morgan fingerprint density at radius 2 is 1.88 bits per heavy atom. The Hall–Kier alpha value is -2.69. The number of halogens is 2. The first kappa shape index (κ1) is 23.5. The molecule has 1 aromatic heterocycles. The number of H-pyrrole nitrogens is 1. The first-order valence-electron chi connectivity index (χ1n) is 10.3. The maximum atomic E-state index is 15.0. The zero-order valence-corrected chi connectivity index (χ0v) is 20.4. The average Bonchev–Trinajstić information content (AvgIpc) is 3.17. The molecule has 1 aliphatic heterocycles. The molecule has 2 heterocycles. The number of fused-ring (bicyclic) bond motifs is 1. The number of hydrogen-bond acceptors (Lipinski definition) is 6. The largest absolute Gasteiger partial charge is 0.434 e. The first-order valence-corrected chi connectivity index (χ1v) is 12.1. The van der Waals surface area contributed by atoms with Crippen LogP contribution < -0.4 is 10.7 Å². The highest BCUT2D eigenvalue weighted by molar-refractivity contribution is 7.89. The summed E-state index contributed by atoms with van der Waals surface area (Å²) < 4.78 is 49.1. The molecule has 176 valence electrons. The third-order valence-corrected chi connectivity index (χ3v) is 8.58. The van der Waals surface area contributed by atoms with Crippen molar-refractivity contribution in [2.45, 2.75) is 44.6 Å². The van der Waals surface area contributed by atoms with Gasteiger partial charge in [-0.2, -0.15) is 4.31 Å². The van der Waals surface area contributed by atoms with Crippen LogP contribution in [0.3, 0.4) is 0 Å². The predicted octanol–water partition coefficient (Wildman–Crippen LogP) is 4.02. The van der Waals surface area contributed by atoms with E-state index < -0.39 is 33.6 Å². The summed E-state index contributed by atoms with van der Waals surface area (Å²) in [6, 6.07) is 4.91. The van der Waals surface area contributed by atoms with E-state index in [1.54, 1.807) is 38.8 Å². The molecular formula is C22H24ClFN4O4S. The molecule has 1 N–H and O–H groups in total. The maximum Gasteiger partial charge on any atom is 0.434 e. The van der Waals surface area contributed by atoms with Crippen LogP contribution in [0.15, 0.2) is 38.4 Å². The number of aromatic nitrogens is 2. The van der Waals surface area contributed by atoms with Crippen LogP contribution in [0.25, 0.3) is 0 Å². The molecular weight excluding hydrogens is 471 g/mol. The van der Waals surface area contributed by atoms with Gasteiger partial charge in [-0.25, -0.2) is 22.7 Å². The molecule has 0 bridgehead atoms. The quantitative estimate of drug-likeness (QED) is 0.588. The molecule has 0 unspecified atom stereocenters. The van der Waals surface area contributed by atoms with Crippen LogP contribution in [0.5, 0.6) is 0 Å². The van der Waals surface area contributed by atoms with E-state index in [1.807, 2.05) is 6.92 Å². The number of benzene rings is 2. The van der Waals surface area contributed by atoms with Crippen LogP contribution in [-0.2, 0) is 10.0 Å². The SMILES string of the molecule is Cc1ccc(F)c([C@@H](C)[C@@H](c2n[nH]c(=O)o2)N2CN(C)c3c(ccc(Cl)c3C)S2(=O)=O)c1C. The summed E-state index contributed by atoms with van der Waals surface area (Å²) in [5.41, 5.74) is 3.01. The molecule has 2 aromatic carbocycles. The van der Waals surface area contributed by atoms with Crippen LogP contribution >= 0.6 is 11.6 Å². The van der Waals surface area contributed by atoms with Gasteiger partial charge in [-0.3, -0.25) is 0 Å². The minimum Gasteiger partial charge on any atom is -0.391 e. The summed E-state index contributed by atoms with van der Waals surface area (Å²) in [6.07, 6.45) is 0. The molecule has 11 heteroatoms. The van der Waals surface area contributed by atoms with E-state index in [9.17, 15) is 13.2 Å². The van der Waals surface area contributed by atoms with Crippen LogP contribution in [0, 0.1) is 26.6 Å². The van der Waals surface area contributed by atoms with E-state index in [1.165, 1.54) is 22.5 Å². The van der Waals surface area contributed by atoms with Crippen LogP contribution in [-0.4, -0.2) is 36.6 Å². The fraction of sp³-hybridized carbons (Fsp3) is 0.364. The monoisotopic (exact) mass is 494 g/mol. The van der Waals surface area contributed by atoms with Crippen molar-refractivity contribution in [1.82, 2.24) is 14.5 Å². The van der Waals surface area contributed by atoms with Gasteiger partial charge in [-0.05, 0) is 61.2 Å². The average molecular weight is 495 g/mol. The van der Waals surface area contributed by atoms with Crippen molar-refractivity contribution in [1.29, 1.82) is 0 Å². The van der Waals surface area contributed by atoms with E-state index in [0.29, 0.717) is 27.4 Å². The lowest BCUT2D eigenvalue weighted by atomic mass is 9.87. The van der Waals surface area contributed by atoms with Crippen molar-refractivity contribution in [2.75, 3.05) is 18.6 Å². The van der Waals surface area contributed by atoms with Gasteiger partial charge >= 0.3 is 5.76 Å². The van der Waals surface area contributed by atoms with Crippen molar-refractivity contribution in [3.8, 4) is 0 Å². The molecule has 0 amide bonds. The van der Waals surface area contributed by atoms with Crippen LogP contribution in [0.2, 0.25) is 5.02 Å². The number of aromatic amines is 1. The lowest BCUT2D eigenvalue weighted by Gasteiger charge is -2.41. The summed E-state index contributed by atoms with van der Waals surface area (Å²) in [5, 5.41) is 6.57. The Bertz CT molecular complexity index is 1400. The molecule has 0 radical (unpaired) electrons. The van der Waals surface area contributed by atoms with Gasteiger partial charge in [0.1, 0.15) is 16.8 Å². The highest BCUT2D eigenvalue weighted by atomic mass is 35.5. The van der Waals surface area contributed by atoms with E-state index in [2.05, 4.69) is 10.2 Å². The number of nitrogens with one attached hydrogen (secondary N) is 1. The van der Waals surface area contributed by atoms with E-state index in [4.69, 9.17) is 16.0 Å². The Morgan fingerprint density at radius 3 is 2.52 bits per heavy atom. The van der Waals surface area contributed by atoms with Gasteiger partial charge in [0.25, 0.3) is 0 Å². The third kappa shape index (κ3) is 3.75. The van der Waals surface area contributed by atoms with E-state index in [-0.39, 0.29) is 17.5 Å². The van der Waals surface area contributed by atoms with Gasteiger partial charge in [0, 0.05) is 18.0 Å². The summed E-state index contributed by atoms with van der Waals surface area (Å²) in [4.78, 5) is 13.6. The van der Waals surface area contributed by atoms with Gasteiger partial charge in [-0.15, -0.1) is 5.10 Å². The van der Waals surface area contributed by atoms with Crippen LogP contribution in [0.4, 0.5) is 10.1 Å².